The minimum absolute atomic E-state index is 0.173. The molecule has 2 N–H and O–H groups in total. The van der Waals surface area contributed by atoms with Crippen molar-refractivity contribution in [2.24, 2.45) is 4.99 Å². The molecule has 0 bridgehead atoms. The Bertz CT molecular complexity index is 618. The number of nitrogens with one attached hydrogen (secondary N) is 2. The topological polar surface area (TPSA) is 53.5 Å². The number of nitrogens with zero attached hydrogens (tertiary/aromatic N) is 1. The first-order valence-electron chi connectivity index (χ1n) is 6.79. The van der Waals surface area contributed by atoms with Gasteiger partial charge in [-0.15, -0.1) is 0 Å². The molecule has 4 nitrogen and oxygen atoms in total. The molecule has 1 heterocycles. The van der Waals surface area contributed by atoms with Gasteiger partial charge in [0.1, 0.15) is 5.82 Å². The Balaban J connectivity index is 2.03. The molecule has 0 saturated carbocycles. The maximum atomic E-state index is 13.8. The maximum Gasteiger partial charge on any atom is 0.259 e. The maximum absolute atomic E-state index is 13.8. The Hall–Kier alpha value is -1.91. The van der Waals surface area contributed by atoms with Crippen LogP contribution in [-0.2, 0) is 16.8 Å². The molecule has 1 aliphatic heterocycles. The number of rotatable bonds is 0. The number of amides is 1. The van der Waals surface area contributed by atoms with Gasteiger partial charge in [-0.3, -0.25) is 10.1 Å². The van der Waals surface area contributed by atoms with Gasteiger partial charge < -0.3 is 5.32 Å². The van der Waals surface area contributed by atoms with E-state index < -0.39 is 5.54 Å². The molecule has 3 rings (SSSR count). The van der Waals surface area contributed by atoms with Crippen LogP contribution in [0.15, 0.2) is 23.2 Å². The van der Waals surface area contributed by atoms with Crippen LogP contribution in [0.2, 0.25) is 0 Å². The molecule has 2 aliphatic rings. The Morgan fingerprint density at radius 2 is 2.15 bits per heavy atom. The van der Waals surface area contributed by atoms with Gasteiger partial charge in [0.2, 0.25) is 0 Å². The standard InChI is InChI=1S/C15H18FN3O/c1-14(2,3)18-13-17-12(20)15(19-13)8-7-9-10(15)5-4-6-11(9)16/h4-6H,7-8H2,1-3H3,(H2,17,18,19,20). The molecule has 0 fully saturated rings. The van der Waals surface area contributed by atoms with Crippen LogP contribution >= 0.6 is 0 Å². The van der Waals surface area contributed by atoms with Crippen LogP contribution < -0.4 is 10.6 Å². The quantitative estimate of drug-likeness (QED) is 0.759. The van der Waals surface area contributed by atoms with Gasteiger partial charge in [-0.05, 0) is 50.8 Å². The number of carbonyl (C=O) groups is 1. The summed E-state index contributed by atoms with van der Waals surface area (Å²) in [6, 6.07) is 4.87. The summed E-state index contributed by atoms with van der Waals surface area (Å²) in [6.45, 7) is 5.98. The van der Waals surface area contributed by atoms with Crippen molar-refractivity contribution in [1.29, 1.82) is 0 Å². The molecular formula is C15H18FN3O. The zero-order chi connectivity index (χ0) is 14.5. The molecule has 1 unspecified atom stereocenters. The number of halogens is 1. The van der Waals surface area contributed by atoms with Crippen molar-refractivity contribution in [3.8, 4) is 0 Å². The normalized spacial score (nSPS) is 24.6. The molecule has 1 aromatic carbocycles. The summed E-state index contributed by atoms with van der Waals surface area (Å²) in [5.74, 6) is 0.0489. The van der Waals surface area contributed by atoms with Crippen molar-refractivity contribution in [2.75, 3.05) is 0 Å². The third-order valence-electron chi connectivity index (χ3n) is 3.70. The molecule has 0 radical (unpaired) electrons. The average molecular weight is 275 g/mol. The predicted octanol–water partition coefficient (Wildman–Crippen LogP) is 1.84. The summed E-state index contributed by atoms with van der Waals surface area (Å²) in [6.07, 6.45) is 1.06. The number of benzene rings is 1. The Kier molecular flexibility index (Phi) is 2.64. The van der Waals surface area contributed by atoms with Crippen LogP contribution in [0.5, 0.6) is 0 Å². The fourth-order valence-corrected chi connectivity index (χ4v) is 2.89. The Labute approximate surface area is 117 Å². The second-order valence-corrected chi connectivity index (χ2v) is 6.42. The molecule has 5 heteroatoms. The van der Waals surface area contributed by atoms with E-state index >= 15 is 0 Å². The second-order valence-electron chi connectivity index (χ2n) is 6.42. The van der Waals surface area contributed by atoms with Gasteiger partial charge >= 0.3 is 0 Å². The van der Waals surface area contributed by atoms with Crippen molar-refractivity contribution in [3.63, 3.8) is 0 Å². The van der Waals surface area contributed by atoms with Crippen molar-refractivity contribution in [3.05, 3.63) is 35.1 Å². The van der Waals surface area contributed by atoms with Crippen LogP contribution in [0.4, 0.5) is 4.39 Å². The van der Waals surface area contributed by atoms with E-state index in [1.807, 2.05) is 20.8 Å². The first kappa shape index (κ1) is 13.1. The number of hydrogen-bond acceptors (Lipinski definition) is 3. The van der Waals surface area contributed by atoms with Gasteiger partial charge in [-0.2, -0.15) is 0 Å². The number of carbonyl (C=O) groups excluding carboxylic acids is 1. The number of hydrogen-bond donors (Lipinski definition) is 2. The lowest BCUT2D eigenvalue weighted by atomic mass is 9.92. The third-order valence-corrected chi connectivity index (χ3v) is 3.70. The van der Waals surface area contributed by atoms with E-state index in [2.05, 4.69) is 15.6 Å². The highest BCUT2D eigenvalue weighted by molar-refractivity contribution is 6.08. The third kappa shape index (κ3) is 1.88. The SMILES string of the molecule is CC(C)(C)NC1=NC2(CCc3c(F)cccc32)C(=O)N1. The van der Waals surface area contributed by atoms with E-state index in [0.717, 1.165) is 0 Å². The van der Waals surface area contributed by atoms with Crippen LogP contribution in [0.25, 0.3) is 0 Å². The fraction of sp³-hybridized carbons (Fsp3) is 0.467. The van der Waals surface area contributed by atoms with Gasteiger partial charge in [0.25, 0.3) is 5.91 Å². The van der Waals surface area contributed by atoms with E-state index in [9.17, 15) is 9.18 Å². The van der Waals surface area contributed by atoms with Gasteiger partial charge in [0, 0.05) is 5.54 Å². The zero-order valence-electron chi connectivity index (χ0n) is 11.9. The highest BCUT2D eigenvalue weighted by atomic mass is 19.1. The number of fused-ring (bicyclic) bond motifs is 2. The molecule has 1 aromatic rings. The van der Waals surface area contributed by atoms with E-state index in [1.54, 1.807) is 12.1 Å². The van der Waals surface area contributed by atoms with Gasteiger partial charge in [-0.1, -0.05) is 12.1 Å². The monoisotopic (exact) mass is 275 g/mol. The van der Waals surface area contributed by atoms with E-state index in [4.69, 9.17) is 0 Å². The average Bonchev–Trinajstić information content (AvgIpc) is 2.82. The molecule has 20 heavy (non-hydrogen) atoms. The van der Waals surface area contributed by atoms with Crippen molar-refractivity contribution >= 4 is 11.9 Å². The molecule has 106 valence electrons. The molecule has 1 atom stereocenters. The lowest BCUT2D eigenvalue weighted by Gasteiger charge is -2.21. The van der Waals surface area contributed by atoms with E-state index in [-0.39, 0.29) is 17.3 Å². The highest BCUT2D eigenvalue weighted by Crippen LogP contribution is 2.43. The molecule has 0 aromatic heterocycles. The fourth-order valence-electron chi connectivity index (χ4n) is 2.89. The summed E-state index contributed by atoms with van der Waals surface area (Å²) >= 11 is 0. The molecular weight excluding hydrogens is 257 g/mol. The zero-order valence-corrected chi connectivity index (χ0v) is 11.9. The first-order valence-corrected chi connectivity index (χ1v) is 6.79. The van der Waals surface area contributed by atoms with Crippen molar-refractivity contribution < 1.29 is 9.18 Å². The predicted molar refractivity (Wildman–Crippen MR) is 74.9 cm³/mol. The lowest BCUT2D eigenvalue weighted by molar-refractivity contribution is -0.124. The smallest absolute Gasteiger partial charge is 0.259 e. The van der Waals surface area contributed by atoms with Crippen LogP contribution in [0.3, 0.4) is 0 Å². The second kappa shape index (κ2) is 4.04. The summed E-state index contributed by atoms with van der Waals surface area (Å²) in [4.78, 5) is 16.9. The minimum atomic E-state index is -0.953. The number of guanidine groups is 1. The summed E-state index contributed by atoms with van der Waals surface area (Å²) in [5.41, 5.74) is 0.163. The van der Waals surface area contributed by atoms with Crippen molar-refractivity contribution in [2.45, 2.75) is 44.7 Å². The lowest BCUT2D eigenvalue weighted by Crippen LogP contribution is -2.47. The number of aliphatic imine (C=N–C) groups is 1. The van der Waals surface area contributed by atoms with Gasteiger partial charge in [-0.25, -0.2) is 9.38 Å². The largest absolute Gasteiger partial charge is 0.351 e. The summed E-state index contributed by atoms with van der Waals surface area (Å²) in [7, 11) is 0. The molecule has 1 amide bonds. The van der Waals surface area contributed by atoms with E-state index in [0.29, 0.717) is 29.9 Å². The Morgan fingerprint density at radius 3 is 2.85 bits per heavy atom. The van der Waals surface area contributed by atoms with E-state index in [1.165, 1.54) is 6.07 Å². The van der Waals surface area contributed by atoms with Crippen molar-refractivity contribution in [1.82, 2.24) is 10.6 Å². The highest BCUT2D eigenvalue weighted by Gasteiger charge is 2.50. The molecule has 1 spiro atoms. The minimum Gasteiger partial charge on any atom is -0.351 e. The summed E-state index contributed by atoms with van der Waals surface area (Å²) in [5, 5.41) is 5.95. The van der Waals surface area contributed by atoms with Gasteiger partial charge in [0.15, 0.2) is 11.5 Å². The van der Waals surface area contributed by atoms with Crippen LogP contribution in [0.1, 0.15) is 38.3 Å². The molecule has 1 aliphatic carbocycles. The molecule has 0 saturated heterocycles. The van der Waals surface area contributed by atoms with Crippen LogP contribution in [-0.4, -0.2) is 17.4 Å². The summed E-state index contributed by atoms with van der Waals surface area (Å²) < 4.78 is 13.8. The van der Waals surface area contributed by atoms with Crippen LogP contribution in [0, 0.1) is 5.82 Å². The first-order chi connectivity index (χ1) is 9.32. The van der Waals surface area contributed by atoms with Gasteiger partial charge in [0.05, 0.1) is 0 Å². The Morgan fingerprint density at radius 1 is 1.40 bits per heavy atom.